The molecule has 0 spiro atoms. The molecule has 4 heteroatoms. The van der Waals surface area contributed by atoms with Crippen molar-refractivity contribution in [1.82, 2.24) is 10.3 Å². The predicted octanol–water partition coefficient (Wildman–Crippen LogP) is 2.80. The maximum absolute atomic E-state index is 5.40. The van der Waals surface area contributed by atoms with E-state index in [0.29, 0.717) is 6.54 Å². The van der Waals surface area contributed by atoms with Crippen molar-refractivity contribution in [3.8, 4) is 12.3 Å². The van der Waals surface area contributed by atoms with Crippen LogP contribution in [0.15, 0.2) is 16.7 Å². The van der Waals surface area contributed by atoms with E-state index >= 15 is 0 Å². The number of nitrogens with one attached hydrogen (secondary N) is 1. The Bertz CT molecular complexity index is 412. The minimum Gasteiger partial charge on any atom is -0.345 e. The van der Waals surface area contributed by atoms with E-state index in [0.717, 1.165) is 36.3 Å². The van der Waals surface area contributed by atoms with Crippen molar-refractivity contribution in [3.63, 3.8) is 0 Å². The van der Waals surface area contributed by atoms with Crippen LogP contribution in [0, 0.1) is 12.3 Å². The molecule has 1 aromatic rings. The summed E-state index contributed by atoms with van der Waals surface area (Å²) in [6.45, 7) is 7.52. The molecular weight excluding hydrogens is 290 g/mol. The van der Waals surface area contributed by atoms with Crippen molar-refractivity contribution in [1.29, 1.82) is 0 Å². The smallest absolute Gasteiger partial charge is 0.133 e. The van der Waals surface area contributed by atoms with Crippen LogP contribution in [0.1, 0.15) is 25.8 Å². The van der Waals surface area contributed by atoms with Crippen LogP contribution < -0.4 is 10.2 Å². The number of pyridine rings is 1. The van der Waals surface area contributed by atoms with Gasteiger partial charge in [0.05, 0.1) is 6.54 Å². The number of hydrogen-bond acceptors (Lipinski definition) is 3. The van der Waals surface area contributed by atoms with Crippen molar-refractivity contribution in [2.24, 2.45) is 0 Å². The summed E-state index contributed by atoms with van der Waals surface area (Å²) in [7, 11) is 0. The average Bonchev–Trinajstić information content (AvgIpc) is 2.37. The van der Waals surface area contributed by atoms with Gasteiger partial charge in [-0.15, -0.1) is 6.42 Å². The molecule has 0 radical (unpaired) electrons. The molecule has 1 heterocycles. The molecule has 3 nitrogen and oxygen atoms in total. The molecule has 0 saturated carbocycles. The third-order valence-electron chi connectivity index (χ3n) is 2.62. The molecule has 1 aromatic heterocycles. The first-order chi connectivity index (χ1) is 8.72. The van der Waals surface area contributed by atoms with E-state index in [9.17, 15) is 0 Å². The second-order valence-corrected chi connectivity index (χ2v) is 4.95. The minimum absolute atomic E-state index is 0.589. The van der Waals surface area contributed by atoms with Crippen LogP contribution >= 0.6 is 15.9 Å². The third kappa shape index (κ3) is 4.32. The lowest BCUT2D eigenvalue weighted by Gasteiger charge is -2.22. The first kappa shape index (κ1) is 15.0. The normalized spacial score (nSPS) is 10.1. The first-order valence-corrected chi connectivity index (χ1v) is 7.05. The zero-order valence-electron chi connectivity index (χ0n) is 11.0. The lowest BCUT2D eigenvalue weighted by molar-refractivity contribution is 0.671. The monoisotopic (exact) mass is 309 g/mol. The zero-order valence-corrected chi connectivity index (χ0v) is 12.6. The van der Waals surface area contributed by atoms with Crippen LogP contribution in [0.2, 0.25) is 0 Å². The molecule has 18 heavy (non-hydrogen) atoms. The molecule has 0 aliphatic heterocycles. The van der Waals surface area contributed by atoms with Gasteiger partial charge in [0, 0.05) is 29.3 Å². The van der Waals surface area contributed by atoms with E-state index in [-0.39, 0.29) is 0 Å². The van der Waals surface area contributed by atoms with Gasteiger partial charge in [0.25, 0.3) is 0 Å². The Labute approximate surface area is 118 Å². The second-order valence-electron chi connectivity index (χ2n) is 4.03. The van der Waals surface area contributed by atoms with Crippen molar-refractivity contribution in [2.75, 3.05) is 24.5 Å². The Kier molecular flexibility index (Phi) is 6.77. The molecule has 0 atom stereocenters. The summed E-state index contributed by atoms with van der Waals surface area (Å²) in [5.41, 5.74) is 1.18. The Morgan fingerprint density at radius 2 is 2.28 bits per heavy atom. The van der Waals surface area contributed by atoms with Crippen molar-refractivity contribution in [3.05, 3.63) is 22.3 Å². The van der Waals surface area contributed by atoms with Crippen molar-refractivity contribution in [2.45, 2.75) is 26.8 Å². The van der Waals surface area contributed by atoms with Crippen LogP contribution in [-0.4, -0.2) is 24.6 Å². The largest absolute Gasteiger partial charge is 0.345 e. The standard InChI is InChI=1S/C14H20BrN3/c1-4-7-16-10-12-9-13(15)11-17-14(12)18(6-3)8-5-2/h2,9,11,16H,4,6-8,10H2,1,3H3. The van der Waals surface area contributed by atoms with Crippen LogP contribution in [0.5, 0.6) is 0 Å². The fraction of sp³-hybridized carbons (Fsp3) is 0.500. The molecular formula is C14H20BrN3. The highest BCUT2D eigenvalue weighted by Crippen LogP contribution is 2.21. The van der Waals surface area contributed by atoms with Crippen LogP contribution in [0.3, 0.4) is 0 Å². The molecule has 0 aromatic carbocycles. The molecule has 0 aliphatic carbocycles. The van der Waals surface area contributed by atoms with Gasteiger partial charge in [-0.2, -0.15) is 0 Å². The predicted molar refractivity (Wildman–Crippen MR) is 80.7 cm³/mol. The molecule has 0 unspecified atom stereocenters. The molecule has 0 aliphatic rings. The fourth-order valence-corrected chi connectivity index (χ4v) is 2.11. The topological polar surface area (TPSA) is 28.2 Å². The SMILES string of the molecule is C#CCN(CC)c1ncc(Br)cc1CNCCC. The number of aromatic nitrogens is 1. The highest BCUT2D eigenvalue weighted by atomic mass is 79.9. The van der Waals surface area contributed by atoms with Crippen LogP contribution in [0.25, 0.3) is 0 Å². The number of halogens is 1. The van der Waals surface area contributed by atoms with E-state index in [1.54, 1.807) is 0 Å². The van der Waals surface area contributed by atoms with Crippen molar-refractivity contribution < 1.29 is 0 Å². The molecule has 0 fully saturated rings. The van der Waals surface area contributed by atoms with Crippen molar-refractivity contribution >= 4 is 21.7 Å². The summed E-state index contributed by atoms with van der Waals surface area (Å²) in [5, 5.41) is 3.40. The molecule has 0 amide bonds. The second kappa shape index (κ2) is 8.12. The van der Waals surface area contributed by atoms with E-state index < -0.39 is 0 Å². The quantitative estimate of drug-likeness (QED) is 0.620. The lowest BCUT2D eigenvalue weighted by atomic mass is 10.2. The Morgan fingerprint density at radius 3 is 2.89 bits per heavy atom. The lowest BCUT2D eigenvalue weighted by Crippen LogP contribution is -2.26. The van der Waals surface area contributed by atoms with Gasteiger partial charge in [0.2, 0.25) is 0 Å². The summed E-state index contributed by atoms with van der Waals surface area (Å²) < 4.78 is 0.997. The van der Waals surface area contributed by atoms with Gasteiger partial charge in [0.15, 0.2) is 0 Å². The Balaban J connectivity index is 2.91. The highest BCUT2D eigenvalue weighted by Gasteiger charge is 2.10. The Hall–Kier alpha value is -1.05. The van der Waals surface area contributed by atoms with Gasteiger partial charge < -0.3 is 10.2 Å². The number of nitrogens with zero attached hydrogens (tertiary/aromatic N) is 2. The first-order valence-electron chi connectivity index (χ1n) is 6.26. The maximum Gasteiger partial charge on any atom is 0.133 e. The van der Waals surface area contributed by atoms with Crippen LogP contribution in [0.4, 0.5) is 5.82 Å². The maximum atomic E-state index is 5.40. The highest BCUT2D eigenvalue weighted by molar-refractivity contribution is 9.10. The average molecular weight is 310 g/mol. The number of terminal acetylenes is 1. The summed E-state index contributed by atoms with van der Waals surface area (Å²) in [6.07, 6.45) is 8.34. The van der Waals surface area contributed by atoms with Crippen LogP contribution in [-0.2, 0) is 6.54 Å². The Morgan fingerprint density at radius 1 is 1.50 bits per heavy atom. The van der Waals surface area contributed by atoms with Gasteiger partial charge in [0.1, 0.15) is 5.82 Å². The fourth-order valence-electron chi connectivity index (χ4n) is 1.74. The molecule has 98 valence electrons. The van der Waals surface area contributed by atoms with Gasteiger partial charge in [-0.25, -0.2) is 4.98 Å². The summed E-state index contributed by atoms with van der Waals surface area (Å²) in [5.74, 6) is 3.65. The van der Waals surface area contributed by atoms with Gasteiger partial charge in [-0.1, -0.05) is 12.8 Å². The van der Waals surface area contributed by atoms with Gasteiger partial charge in [-0.05, 0) is 41.9 Å². The van der Waals surface area contributed by atoms with Gasteiger partial charge >= 0.3 is 0 Å². The minimum atomic E-state index is 0.589. The number of rotatable bonds is 7. The third-order valence-corrected chi connectivity index (χ3v) is 3.05. The molecule has 0 bridgehead atoms. The summed E-state index contributed by atoms with van der Waals surface area (Å²) in [4.78, 5) is 6.60. The summed E-state index contributed by atoms with van der Waals surface area (Å²) in [6, 6.07) is 2.10. The zero-order chi connectivity index (χ0) is 13.4. The molecule has 1 rings (SSSR count). The molecule has 0 saturated heterocycles. The van der Waals surface area contributed by atoms with E-state index in [1.165, 1.54) is 5.56 Å². The van der Waals surface area contributed by atoms with E-state index in [4.69, 9.17) is 6.42 Å². The van der Waals surface area contributed by atoms with Gasteiger partial charge in [-0.3, -0.25) is 0 Å². The van der Waals surface area contributed by atoms with E-state index in [2.05, 4.69) is 57.0 Å². The summed E-state index contributed by atoms with van der Waals surface area (Å²) >= 11 is 3.47. The number of anilines is 1. The number of hydrogen-bond donors (Lipinski definition) is 1. The van der Waals surface area contributed by atoms with E-state index in [1.807, 2.05) is 6.20 Å². The molecule has 1 N–H and O–H groups in total.